The summed E-state index contributed by atoms with van der Waals surface area (Å²) in [6.07, 6.45) is 4.95. The molecule has 0 spiro atoms. The van der Waals surface area contributed by atoms with Crippen molar-refractivity contribution in [3.63, 3.8) is 0 Å². The number of benzene rings is 2. The number of anilines is 2. The van der Waals surface area contributed by atoms with Gasteiger partial charge in [-0.15, -0.1) is 0 Å². The molecule has 1 atom stereocenters. The molecule has 144 valence electrons. The van der Waals surface area contributed by atoms with Gasteiger partial charge in [0.05, 0.1) is 0 Å². The molecular formula is C23H30N2O2. The van der Waals surface area contributed by atoms with Crippen LogP contribution >= 0.6 is 0 Å². The number of nitrogens with zero attached hydrogens (tertiary/aromatic N) is 1. The molecule has 1 aliphatic heterocycles. The average molecular weight is 367 g/mol. The summed E-state index contributed by atoms with van der Waals surface area (Å²) in [6, 6.07) is 16.1. The number of aryl methyl sites for hydroxylation is 1. The van der Waals surface area contributed by atoms with Crippen molar-refractivity contribution in [3.05, 3.63) is 54.1 Å². The van der Waals surface area contributed by atoms with E-state index in [0.29, 0.717) is 6.42 Å². The van der Waals surface area contributed by atoms with Crippen LogP contribution in [0.1, 0.15) is 45.1 Å². The Balaban J connectivity index is 1.58. The highest BCUT2D eigenvalue weighted by Crippen LogP contribution is 2.22. The third-order valence-corrected chi connectivity index (χ3v) is 5.13. The lowest BCUT2D eigenvalue weighted by Crippen LogP contribution is -2.32. The Labute approximate surface area is 162 Å². The van der Waals surface area contributed by atoms with Crippen molar-refractivity contribution in [2.24, 2.45) is 0 Å². The average Bonchev–Trinajstić information content (AvgIpc) is 2.73. The molecule has 1 N–H and O–H groups in total. The molecule has 2 aromatic carbocycles. The SMILES string of the molecule is CCc1ccc(OC(CC)C(=O)Nc2ccc(N3CCCCC3)cc2)cc1. The van der Waals surface area contributed by atoms with Crippen molar-refractivity contribution in [2.45, 2.75) is 52.1 Å². The second-order valence-corrected chi connectivity index (χ2v) is 7.10. The predicted molar refractivity (Wildman–Crippen MR) is 112 cm³/mol. The summed E-state index contributed by atoms with van der Waals surface area (Å²) in [5.74, 6) is 0.623. The number of carbonyl (C=O) groups excluding carboxylic acids is 1. The number of hydrogen-bond donors (Lipinski definition) is 1. The molecule has 0 radical (unpaired) electrons. The lowest BCUT2D eigenvalue weighted by Gasteiger charge is -2.28. The van der Waals surface area contributed by atoms with Crippen molar-refractivity contribution < 1.29 is 9.53 Å². The van der Waals surface area contributed by atoms with Gasteiger partial charge in [0.15, 0.2) is 6.10 Å². The molecule has 1 heterocycles. The zero-order valence-corrected chi connectivity index (χ0v) is 16.4. The molecule has 2 aromatic rings. The van der Waals surface area contributed by atoms with Gasteiger partial charge in [0.1, 0.15) is 5.75 Å². The highest BCUT2D eigenvalue weighted by molar-refractivity contribution is 5.94. The molecule has 1 aliphatic rings. The number of piperidine rings is 1. The maximum Gasteiger partial charge on any atom is 0.265 e. The molecule has 4 nitrogen and oxygen atoms in total. The van der Waals surface area contributed by atoms with Crippen molar-refractivity contribution >= 4 is 17.3 Å². The Kier molecular flexibility index (Phi) is 6.74. The minimum absolute atomic E-state index is 0.109. The summed E-state index contributed by atoms with van der Waals surface area (Å²) >= 11 is 0. The van der Waals surface area contributed by atoms with Crippen LogP contribution in [0.15, 0.2) is 48.5 Å². The van der Waals surface area contributed by atoms with Crippen molar-refractivity contribution in [2.75, 3.05) is 23.3 Å². The van der Waals surface area contributed by atoms with Crippen LogP contribution in [-0.4, -0.2) is 25.1 Å². The standard InChI is InChI=1S/C23H30N2O2/c1-3-18-8-14-21(15-9-18)27-22(4-2)23(26)24-19-10-12-20(13-11-19)25-16-6-5-7-17-25/h8-15,22H,3-7,16-17H2,1-2H3,(H,24,26). The number of ether oxygens (including phenoxy) is 1. The molecule has 1 saturated heterocycles. The van der Waals surface area contributed by atoms with Gasteiger partial charge < -0.3 is 15.0 Å². The maximum atomic E-state index is 12.6. The second-order valence-electron chi connectivity index (χ2n) is 7.10. The monoisotopic (exact) mass is 366 g/mol. The molecule has 0 bridgehead atoms. The summed E-state index contributed by atoms with van der Waals surface area (Å²) in [6.45, 7) is 6.32. The Morgan fingerprint density at radius 1 is 1.00 bits per heavy atom. The first-order chi connectivity index (χ1) is 13.2. The third kappa shape index (κ3) is 5.25. The van der Waals surface area contributed by atoms with Gasteiger partial charge >= 0.3 is 0 Å². The van der Waals surface area contributed by atoms with Gasteiger partial charge in [-0.25, -0.2) is 0 Å². The Bertz CT molecular complexity index is 719. The highest BCUT2D eigenvalue weighted by atomic mass is 16.5. The predicted octanol–water partition coefficient (Wildman–Crippen LogP) is 5.04. The molecule has 0 saturated carbocycles. The summed E-state index contributed by atoms with van der Waals surface area (Å²) in [7, 11) is 0. The van der Waals surface area contributed by atoms with Crippen LogP contribution in [0.2, 0.25) is 0 Å². The minimum atomic E-state index is -0.501. The lowest BCUT2D eigenvalue weighted by molar-refractivity contribution is -0.122. The second kappa shape index (κ2) is 9.45. The number of rotatable bonds is 7. The van der Waals surface area contributed by atoms with E-state index >= 15 is 0 Å². The number of amides is 1. The van der Waals surface area contributed by atoms with Crippen LogP contribution < -0.4 is 15.0 Å². The number of carbonyl (C=O) groups is 1. The quantitative estimate of drug-likeness (QED) is 0.747. The molecule has 0 aromatic heterocycles. The van der Waals surface area contributed by atoms with E-state index in [-0.39, 0.29) is 5.91 Å². The molecule has 3 rings (SSSR count). The van der Waals surface area contributed by atoms with Crippen LogP contribution in [0, 0.1) is 0 Å². The van der Waals surface area contributed by atoms with Gasteiger partial charge in [-0.2, -0.15) is 0 Å². The minimum Gasteiger partial charge on any atom is -0.481 e. The van der Waals surface area contributed by atoms with Crippen LogP contribution in [0.4, 0.5) is 11.4 Å². The molecule has 1 amide bonds. The first-order valence-corrected chi connectivity index (χ1v) is 10.1. The molecule has 1 unspecified atom stereocenters. The summed E-state index contributed by atoms with van der Waals surface area (Å²) in [5.41, 5.74) is 3.30. The topological polar surface area (TPSA) is 41.6 Å². The van der Waals surface area contributed by atoms with Gasteiger partial charge in [0.25, 0.3) is 5.91 Å². The van der Waals surface area contributed by atoms with Crippen LogP contribution in [-0.2, 0) is 11.2 Å². The molecular weight excluding hydrogens is 336 g/mol. The molecule has 27 heavy (non-hydrogen) atoms. The molecule has 0 aliphatic carbocycles. The fourth-order valence-corrected chi connectivity index (χ4v) is 3.42. The maximum absolute atomic E-state index is 12.6. The van der Waals surface area contributed by atoms with E-state index in [1.54, 1.807) is 0 Å². The number of nitrogens with one attached hydrogen (secondary N) is 1. The lowest BCUT2D eigenvalue weighted by atomic mass is 10.1. The van der Waals surface area contributed by atoms with Gasteiger partial charge in [0.2, 0.25) is 0 Å². The van der Waals surface area contributed by atoms with Gasteiger partial charge in [-0.3, -0.25) is 4.79 Å². The van der Waals surface area contributed by atoms with Gasteiger partial charge in [0, 0.05) is 24.5 Å². The van der Waals surface area contributed by atoms with E-state index in [1.165, 1.54) is 30.5 Å². The Hall–Kier alpha value is -2.49. The van der Waals surface area contributed by atoms with Crippen molar-refractivity contribution in [3.8, 4) is 5.75 Å². The highest BCUT2D eigenvalue weighted by Gasteiger charge is 2.19. The Morgan fingerprint density at radius 2 is 1.67 bits per heavy atom. The van der Waals surface area contributed by atoms with E-state index in [1.807, 2.05) is 43.3 Å². The van der Waals surface area contributed by atoms with Crippen LogP contribution in [0.5, 0.6) is 5.75 Å². The van der Waals surface area contributed by atoms with E-state index in [4.69, 9.17) is 4.74 Å². The normalized spacial score (nSPS) is 15.3. The summed E-state index contributed by atoms with van der Waals surface area (Å²) < 4.78 is 5.90. The zero-order valence-electron chi connectivity index (χ0n) is 16.4. The van der Waals surface area contributed by atoms with Gasteiger partial charge in [-0.05, 0) is 74.1 Å². The third-order valence-electron chi connectivity index (χ3n) is 5.13. The smallest absolute Gasteiger partial charge is 0.265 e. The van der Waals surface area contributed by atoms with Crippen molar-refractivity contribution in [1.82, 2.24) is 0 Å². The van der Waals surface area contributed by atoms with E-state index < -0.39 is 6.10 Å². The fourth-order valence-electron chi connectivity index (χ4n) is 3.42. The molecule has 4 heteroatoms. The van der Waals surface area contributed by atoms with Crippen LogP contribution in [0.25, 0.3) is 0 Å². The first-order valence-electron chi connectivity index (χ1n) is 10.1. The zero-order chi connectivity index (χ0) is 19.1. The van der Waals surface area contributed by atoms with Crippen LogP contribution in [0.3, 0.4) is 0 Å². The van der Waals surface area contributed by atoms with E-state index in [2.05, 4.69) is 29.3 Å². The van der Waals surface area contributed by atoms with E-state index in [0.717, 1.165) is 30.9 Å². The fraction of sp³-hybridized carbons (Fsp3) is 0.435. The van der Waals surface area contributed by atoms with Gasteiger partial charge in [-0.1, -0.05) is 26.0 Å². The largest absolute Gasteiger partial charge is 0.481 e. The molecule has 1 fully saturated rings. The van der Waals surface area contributed by atoms with Crippen molar-refractivity contribution in [1.29, 1.82) is 0 Å². The van der Waals surface area contributed by atoms with E-state index in [9.17, 15) is 4.79 Å². The first kappa shape index (κ1) is 19.3. The Morgan fingerprint density at radius 3 is 2.26 bits per heavy atom. The summed E-state index contributed by atoms with van der Waals surface area (Å²) in [5, 5.41) is 2.98. The number of hydrogen-bond acceptors (Lipinski definition) is 3. The summed E-state index contributed by atoms with van der Waals surface area (Å²) in [4.78, 5) is 15.0.